The largest absolute Gasteiger partial charge is 0.496 e. The molecule has 0 N–H and O–H groups in total. The topological polar surface area (TPSA) is 61.8 Å². The Hall–Kier alpha value is -1.43. The second kappa shape index (κ2) is 9.18. The second-order valence-electron chi connectivity index (χ2n) is 5.54. The minimum absolute atomic E-state index is 0.0476. The van der Waals surface area contributed by atoms with Crippen LogP contribution in [0.25, 0.3) is 0 Å². The third-order valence-electron chi connectivity index (χ3n) is 4.01. The van der Waals surface area contributed by atoms with Crippen molar-refractivity contribution in [2.45, 2.75) is 26.1 Å². The molecule has 148 valence electrons. The maximum Gasteiger partial charge on any atom is 0.419 e. The molecule has 0 spiro atoms. The van der Waals surface area contributed by atoms with Crippen LogP contribution >= 0.6 is 30.1 Å². The molecule has 0 aliphatic carbocycles. The molecule has 0 atom stereocenters. The fourth-order valence-electron chi connectivity index (χ4n) is 2.79. The van der Waals surface area contributed by atoms with Gasteiger partial charge in [-0.1, -0.05) is 15.0 Å². The molecule has 0 amide bonds. The molecule has 1 heterocycles. The van der Waals surface area contributed by atoms with Crippen molar-refractivity contribution >= 4 is 42.4 Å². The van der Waals surface area contributed by atoms with E-state index in [-0.39, 0.29) is 42.8 Å². The summed E-state index contributed by atoms with van der Waals surface area (Å²) in [6.45, 7) is 1.99. The fourth-order valence-corrected chi connectivity index (χ4v) is 3.47. The molecule has 0 radical (unpaired) electrons. The molecule has 10 heteroatoms. The standard InChI is InChI=1S/C17H16F3IO5S/c1-9-12-8-26-16(23)13(12)15(25-5-6-27-21)11(14(9)24-2)4-3-10(7-22)17(18,19)20/h3,7H,4-6,8H2,1-2H3/b10-3-. The number of alkyl halides is 3. The third kappa shape index (κ3) is 4.71. The van der Waals surface area contributed by atoms with E-state index in [0.717, 1.165) is 6.08 Å². The molecule has 1 aliphatic rings. The van der Waals surface area contributed by atoms with Crippen LogP contribution in [-0.4, -0.2) is 37.9 Å². The molecule has 2 rings (SSSR count). The molecule has 5 nitrogen and oxygen atoms in total. The number of carbonyl (C=O) groups is 2. The number of benzene rings is 1. The van der Waals surface area contributed by atoms with Gasteiger partial charge in [-0.3, -0.25) is 4.79 Å². The zero-order chi connectivity index (χ0) is 20.2. The average Bonchev–Trinajstić information content (AvgIpc) is 2.99. The quantitative estimate of drug-likeness (QED) is 0.168. The number of aldehydes is 1. The summed E-state index contributed by atoms with van der Waals surface area (Å²) >= 11 is 2.09. The SMILES string of the molecule is COc1c(C)c2c(c(OCCSI)c1C/C=C(/C=O)C(F)(F)F)C(=O)OC2. The first kappa shape index (κ1) is 21.9. The summed E-state index contributed by atoms with van der Waals surface area (Å²) in [5, 5.41) is 0. The average molecular weight is 516 g/mol. The van der Waals surface area contributed by atoms with Gasteiger partial charge >= 0.3 is 12.1 Å². The van der Waals surface area contributed by atoms with E-state index in [0.29, 0.717) is 22.6 Å². The van der Waals surface area contributed by atoms with Crippen LogP contribution in [0.4, 0.5) is 13.2 Å². The van der Waals surface area contributed by atoms with Gasteiger partial charge in [0.15, 0.2) is 6.29 Å². The lowest BCUT2D eigenvalue weighted by Gasteiger charge is -2.19. The number of hydrogen-bond acceptors (Lipinski definition) is 6. The van der Waals surface area contributed by atoms with E-state index in [1.165, 1.54) is 16.0 Å². The molecular weight excluding hydrogens is 500 g/mol. The van der Waals surface area contributed by atoms with E-state index < -0.39 is 17.7 Å². The molecule has 0 aromatic heterocycles. The minimum Gasteiger partial charge on any atom is -0.496 e. The highest BCUT2D eigenvalue weighted by Gasteiger charge is 2.35. The molecule has 0 fully saturated rings. The number of rotatable bonds is 8. The van der Waals surface area contributed by atoms with E-state index in [9.17, 15) is 22.8 Å². The lowest BCUT2D eigenvalue weighted by Crippen LogP contribution is -2.14. The van der Waals surface area contributed by atoms with Gasteiger partial charge in [0.2, 0.25) is 0 Å². The Morgan fingerprint density at radius 3 is 2.63 bits per heavy atom. The Balaban J connectivity index is 2.61. The number of ether oxygens (including phenoxy) is 3. The summed E-state index contributed by atoms with van der Waals surface area (Å²) < 4.78 is 54.8. The monoisotopic (exact) mass is 516 g/mol. The first-order valence-electron chi connectivity index (χ1n) is 7.74. The number of cyclic esters (lactones) is 1. The smallest absolute Gasteiger partial charge is 0.419 e. The fraction of sp³-hybridized carbons (Fsp3) is 0.412. The summed E-state index contributed by atoms with van der Waals surface area (Å²) in [7, 11) is 2.87. The van der Waals surface area contributed by atoms with Crippen molar-refractivity contribution in [1.29, 1.82) is 0 Å². The van der Waals surface area contributed by atoms with Crippen LogP contribution in [0.3, 0.4) is 0 Å². The van der Waals surface area contributed by atoms with Gasteiger partial charge in [-0.25, -0.2) is 4.79 Å². The van der Waals surface area contributed by atoms with Crippen LogP contribution in [0.1, 0.15) is 27.0 Å². The van der Waals surface area contributed by atoms with Crippen molar-refractivity contribution in [2.75, 3.05) is 19.5 Å². The Morgan fingerprint density at radius 1 is 1.37 bits per heavy atom. The molecule has 1 aromatic rings. The zero-order valence-electron chi connectivity index (χ0n) is 14.4. The first-order chi connectivity index (χ1) is 12.8. The van der Waals surface area contributed by atoms with Gasteiger partial charge in [0, 0.05) is 16.9 Å². The van der Waals surface area contributed by atoms with Crippen molar-refractivity contribution in [3.05, 3.63) is 33.9 Å². The van der Waals surface area contributed by atoms with Crippen LogP contribution in [0, 0.1) is 6.92 Å². The number of carbonyl (C=O) groups excluding carboxylic acids is 2. The first-order valence-corrected chi connectivity index (χ1v) is 11.3. The van der Waals surface area contributed by atoms with E-state index in [1.54, 1.807) is 6.92 Å². The van der Waals surface area contributed by atoms with E-state index in [1.807, 2.05) is 0 Å². The number of halogens is 4. The summed E-state index contributed by atoms with van der Waals surface area (Å²) in [5.41, 5.74) is 0.355. The Bertz CT molecular complexity index is 777. The van der Waals surface area contributed by atoms with E-state index in [4.69, 9.17) is 14.2 Å². The summed E-state index contributed by atoms with van der Waals surface area (Å²) in [5.74, 6) is 0.472. The van der Waals surface area contributed by atoms with E-state index >= 15 is 0 Å². The van der Waals surface area contributed by atoms with Gasteiger partial charge in [-0.15, -0.1) is 0 Å². The molecule has 27 heavy (non-hydrogen) atoms. The van der Waals surface area contributed by atoms with Gasteiger partial charge in [0.25, 0.3) is 0 Å². The number of fused-ring (bicyclic) bond motifs is 1. The van der Waals surface area contributed by atoms with Crippen LogP contribution < -0.4 is 9.47 Å². The summed E-state index contributed by atoms with van der Waals surface area (Å²) in [6.07, 6.45) is -4.53. The summed E-state index contributed by atoms with van der Waals surface area (Å²) in [6, 6.07) is 0. The molecule has 1 aliphatic heterocycles. The third-order valence-corrected chi connectivity index (χ3v) is 5.66. The van der Waals surface area contributed by atoms with Gasteiger partial charge in [-0.05, 0) is 40.1 Å². The van der Waals surface area contributed by atoms with Crippen molar-refractivity contribution in [1.82, 2.24) is 0 Å². The van der Waals surface area contributed by atoms with E-state index in [2.05, 4.69) is 21.2 Å². The van der Waals surface area contributed by atoms with Crippen molar-refractivity contribution < 1.29 is 37.0 Å². The Morgan fingerprint density at radius 2 is 2.07 bits per heavy atom. The van der Waals surface area contributed by atoms with Crippen LogP contribution in [-0.2, 0) is 22.6 Å². The molecule has 0 bridgehead atoms. The number of hydrogen-bond donors (Lipinski definition) is 0. The highest BCUT2D eigenvalue weighted by molar-refractivity contribution is 14.2. The maximum atomic E-state index is 12.9. The lowest BCUT2D eigenvalue weighted by atomic mass is 9.94. The van der Waals surface area contributed by atoms with Crippen LogP contribution in [0.15, 0.2) is 11.6 Å². The molecule has 0 saturated heterocycles. The van der Waals surface area contributed by atoms with Crippen molar-refractivity contribution in [3.8, 4) is 11.5 Å². The van der Waals surface area contributed by atoms with Gasteiger partial charge < -0.3 is 14.2 Å². The second-order valence-corrected chi connectivity index (χ2v) is 8.03. The van der Waals surface area contributed by atoms with Gasteiger partial charge in [-0.2, -0.15) is 13.2 Å². The van der Waals surface area contributed by atoms with Gasteiger partial charge in [0.05, 0.1) is 19.3 Å². The molecule has 0 unspecified atom stereocenters. The molecule has 0 saturated carbocycles. The highest BCUT2D eigenvalue weighted by Crippen LogP contribution is 2.43. The van der Waals surface area contributed by atoms with Crippen molar-refractivity contribution in [3.63, 3.8) is 0 Å². The summed E-state index contributed by atoms with van der Waals surface area (Å²) in [4.78, 5) is 23.0. The molecule has 1 aromatic carbocycles. The Labute approximate surface area is 170 Å². The number of methoxy groups -OCH3 is 1. The normalized spacial score (nSPS) is 14.0. The Kier molecular flexibility index (Phi) is 7.43. The number of esters is 1. The van der Waals surface area contributed by atoms with Gasteiger partial charge in [0.1, 0.15) is 23.7 Å². The molecular formula is C17H16F3IO5S. The minimum atomic E-state index is -4.77. The lowest BCUT2D eigenvalue weighted by molar-refractivity contribution is -0.119. The van der Waals surface area contributed by atoms with Crippen molar-refractivity contribution in [2.24, 2.45) is 0 Å². The highest BCUT2D eigenvalue weighted by atomic mass is 127. The maximum absolute atomic E-state index is 12.9. The predicted octanol–water partition coefficient (Wildman–Crippen LogP) is 4.37. The zero-order valence-corrected chi connectivity index (χ0v) is 17.4. The number of allylic oxidation sites excluding steroid dienone is 2. The predicted molar refractivity (Wildman–Crippen MR) is 103 cm³/mol. The van der Waals surface area contributed by atoms with Crippen LogP contribution in [0.2, 0.25) is 0 Å². The van der Waals surface area contributed by atoms with Crippen LogP contribution in [0.5, 0.6) is 11.5 Å².